The molecule has 0 amide bonds. The largest absolute Gasteiger partial charge is 1.00 e. The molecule has 3 rings (SSSR count). The molecule has 2 unspecified atom stereocenters. The van der Waals surface area contributed by atoms with Crippen LogP contribution in [0.15, 0.2) is 39.5 Å². The molecule has 0 bridgehead atoms. The third-order valence-corrected chi connectivity index (χ3v) is 3.99. The molecule has 0 aliphatic heterocycles. The van der Waals surface area contributed by atoms with Crippen LogP contribution >= 0.6 is 0 Å². The topological polar surface area (TPSA) is 111 Å². The van der Waals surface area contributed by atoms with E-state index in [-0.39, 0.29) is 78.9 Å². The summed E-state index contributed by atoms with van der Waals surface area (Å²) in [6.07, 6.45) is -1.74. The Balaban J connectivity index is 0.00000225. The maximum Gasteiger partial charge on any atom is 1.00 e. The van der Waals surface area contributed by atoms with E-state index in [4.69, 9.17) is 4.42 Å². The first kappa shape index (κ1) is 20.3. The van der Waals surface area contributed by atoms with Crippen LogP contribution in [0, 0.1) is 0 Å². The Morgan fingerprint density at radius 2 is 1.76 bits per heavy atom. The second-order valence-corrected chi connectivity index (χ2v) is 5.77. The first-order chi connectivity index (χ1) is 11.3. The van der Waals surface area contributed by atoms with Gasteiger partial charge in [0.15, 0.2) is 0 Å². The normalized spacial score (nSPS) is 13.4. The molecule has 0 radical (unpaired) electrons. The van der Waals surface area contributed by atoms with E-state index < -0.39 is 23.6 Å². The molecular formula is C18H15KO6. The number of carboxylic acids is 1. The minimum Gasteiger partial charge on any atom is -0.545 e. The van der Waals surface area contributed by atoms with Crippen molar-refractivity contribution in [3.05, 3.63) is 57.2 Å². The summed E-state index contributed by atoms with van der Waals surface area (Å²) >= 11 is 0. The Bertz CT molecular complexity index is 1020. The van der Waals surface area contributed by atoms with Gasteiger partial charge in [-0.1, -0.05) is 0 Å². The predicted octanol–water partition coefficient (Wildman–Crippen LogP) is -1.58. The van der Waals surface area contributed by atoms with Gasteiger partial charge in [-0.15, -0.1) is 0 Å². The average molecular weight is 366 g/mol. The fourth-order valence-corrected chi connectivity index (χ4v) is 2.69. The third-order valence-electron chi connectivity index (χ3n) is 3.99. The van der Waals surface area contributed by atoms with Crippen LogP contribution in [0.2, 0.25) is 0 Å². The number of carbonyl (C=O) groups excluding carboxylic acids is 1. The first-order valence-corrected chi connectivity index (χ1v) is 7.41. The molecule has 1 heterocycles. The minimum atomic E-state index is -1.39. The number of rotatable bonds is 3. The van der Waals surface area contributed by atoms with Crippen molar-refractivity contribution in [2.45, 2.75) is 26.1 Å². The van der Waals surface area contributed by atoms with Gasteiger partial charge in [0.2, 0.25) is 5.43 Å². The minimum absolute atomic E-state index is 0. The zero-order chi connectivity index (χ0) is 17.6. The molecular weight excluding hydrogens is 351 g/mol. The van der Waals surface area contributed by atoms with E-state index in [1.807, 2.05) is 0 Å². The number of benzene rings is 2. The standard InChI is InChI=1S/C18H16O6.K/c1-8(19)11-6-12(9(2)20)17-14(7-11)16(21)13-5-10(18(22)23)3-4-15(13)24-17;/h3-9,19-20H,1-2H3,(H,22,23);/q;+1/p-1. The molecule has 124 valence electrons. The summed E-state index contributed by atoms with van der Waals surface area (Å²) in [7, 11) is 0. The van der Waals surface area contributed by atoms with E-state index in [0.29, 0.717) is 11.1 Å². The van der Waals surface area contributed by atoms with Crippen LogP contribution in [0.25, 0.3) is 21.9 Å². The SMILES string of the molecule is CC(O)c1cc(C(C)O)c2oc3ccc(C(=O)[O-])cc3c(=O)c2c1.[K+]. The van der Waals surface area contributed by atoms with Gasteiger partial charge >= 0.3 is 51.4 Å². The van der Waals surface area contributed by atoms with Crippen LogP contribution in [0.5, 0.6) is 0 Å². The van der Waals surface area contributed by atoms with E-state index in [1.165, 1.54) is 31.2 Å². The van der Waals surface area contributed by atoms with Crippen molar-refractivity contribution < 1.29 is 75.9 Å². The van der Waals surface area contributed by atoms with Crippen molar-refractivity contribution in [2.24, 2.45) is 0 Å². The van der Waals surface area contributed by atoms with Crippen molar-refractivity contribution in [3.63, 3.8) is 0 Å². The number of carbonyl (C=O) groups is 1. The summed E-state index contributed by atoms with van der Waals surface area (Å²) in [5.41, 5.74) is 0.708. The van der Waals surface area contributed by atoms with Crippen LogP contribution < -0.4 is 61.9 Å². The van der Waals surface area contributed by atoms with Crippen molar-refractivity contribution in [2.75, 3.05) is 0 Å². The molecule has 0 aliphatic carbocycles. The Labute approximate surface area is 185 Å². The van der Waals surface area contributed by atoms with E-state index in [1.54, 1.807) is 13.0 Å². The average Bonchev–Trinajstić information content (AvgIpc) is 2.53. The zero-order valence-electron chi connectivity index (χ0n) is 14.1. The molecule has 0 spiro atoms. The van der Waals surface area contributed by atoms with Crippen molar-refractivity contribution in [1.82, 2.24) is 0 Å². The summed E-state index contributed by atoms with van der Waals surface area (Å²) in [6, 6.07) is 6.95. The van der Waals surface area contributed by atoms with E-state index in [9.17, 15) is 24.9 Å². The predicted molar refractivity (Wildman–Crippen MR) is 85.6 cm³/mol. The quantitative estimate of drug-likeness (QED) is 0.428. The second kappa shape index (κ2) is 7.67. The second-order valence-electron chi connectivity index (χ2n) is 5.77. The van der Waals surface area contributed by atoms with Gasteiger partial charge < -0.3 is 24.5 Å². The first-order valence-electron chi connectivity index (χ1n) is 7.41. The molecule has 3 aromatic rings. The summed E-state index contributed by atoms with van der Waals surface area (Å²) in [6.45, 7) is 3.08. The van der Waals surface area contributed by atoms with Crippen LogP contribution in [-0.2, 0) is 0 Å². The number of fused-ring (bicyclic) bond motifs is 2. The van der Waals surface area contributed by atoms with Gasteiger partial charge in [0.1, 0.15) is 11.2 Å². The van der Waals surface area contributed by atoms with Crippen molar-refractivity contribution >= 4 is 27.9 Å². The number of aromatic carboxylic acids is 1. The van der Waals surface area contributed by atoms with E-state index >= 15 is 0 Å². The van der Waals surface area contributed by atoms with Gasteiger partial charge in [-0.3, -0.25) is 4.79 Å². The number of hydrogen-bond acceptors (Lipinski definition) is 6. The van der Waals surface area contributed by atoms with Gasteiger partial charge in [0, 0.05) is 5.56 Å². The third kappa shape index (κ3) is 3.73. The van der Waals surface area contributed by atoms with Gasteiger partial charge in [0.25, 0.3) is 0 Å². The fraction of sp³-hybridized carbons (Fsp3) is 0.222. The Hall–Kier alpha value is -1.06. The van der Waals surface area contributed by atoms with E-state index in [0.717, 1.165) is 0 Å². The van der Waals surface area contributed by atoms with Crippen LogP contribution in [0.1, 0.15) is 47.5 Å². The molecule has 0 fully saturated rings. The summed E-state index contributed by atoms with van der Waals surface area (Å²) in [4.78, 5) is 23.8. The van der Waals surface area contributed by atoms with E-state index in [2.05, 4.69) is 0 Å². The van der Waals surface area contributed by atoms with Crippen molar-refractivity contribution in [1.29, 1.82) is 0 Å². The maximum atomic E-state index is 12.8. The molecule has 2 aromatic carbocycles. The van der Waals surface area contributed by atoms with Crippen LogP contribution in [0.4, 0.5) is 0 Å². The Morgan fingerprint density at radius 3 is 2.32 bits per heavy atom. The number of hydrogen-bond donors (Lipinski definition) is 2. The summed E-state index contributed by atoms with van der Waals surface area (Å²) in [5.74, 6) is -1.39. The fourth-order valence-electron chi connectivity index (χ4n) is 2.69. The smallest absolute Gasteiger partial charge is 0.545 e. The van der Waals surface area contributed by atoms with Gasteiger partial charge in [0.05, 0.1) is 28.9 Å². The monoisotopic (exact) mass is 366 g/mol. The zero-order valence-corrected chi connectivity index (χ0v) is 17.2. The number of aliphatic hydroxyl groups excluding tert-OH is 2. The molecule has 6 nitrogen and oxygen atoms in total. The Kier molecular flexibility index (Phi) is 6.21. The maximum absolute atomic E-state index is 12.8. The van der Waals surface area contributed by atoms with Gasteiger partial charge in [-0.2, -0.15) is 0 Å². The molecule has 0 saturated heterocycles. The number of aliphatic hydroxyl groups is 2. The molecule has 7 heteroatoms. The summed E-state index contributed by atoms with van der Waals surface area (Å²) < 4.78 is 5.73. The van der Waals surface area contributed by atoms with Gasteiger partial charge in [-0.25, -0.2) is 0 Å². The summed E-state index contributed by atoms with van der Waals surface area (Å²) in [5, 5.41) is 31.1. The van der Waals surface area contributed by atoms with Crippen LogP contribution in [0.3, 0.4) is 0 Å². The van der Waals surface area contributed by atoms with Gasteiger partial charge in [-0.05, 0) is 55.3 Å². The molecule has 0 aliphatic rings. The molecule has 2 atom stereocenters. The molecule has 2 N–H and O–H groups in total. The Morgan fingerprint density at radius 1 is 1.08 bits per heavy atom. The van der Waals surface area contributed by atoms with Crippen LogP contribution in [-0.4, -0.2) is 16.2 Å². The number of carboxylic acid groups (broad SMARTS) is 1. The molecule has 1 aromatic heterocycles. The van der Waals surface area contributed by atoms with Crippen molar-refractivity contribution in [3.8, 4) is 0 Å². The molecule has 25 heavy (non-hydrogen) atoms. The molecule has 0 saturated carbocycles.